The smallest absolute Gasteiger partial charge is 0.314 e. The van der Waals surface area contributed by atoms with Crippen LogP contribution in [0.3, 0.4) is 0 Å². The van der Waals surface area contributed by atoms with Gasteiger partial charge in [-0.15, -0.1) is 0 Å². The van der Waals surface area contributed by atoms with Gasteiger partial charge in [0.2, 0.25) is 0 Å². The summed E-state index contributed by atoms with van der Waals surface area (Å²) < 4.78 is 0. The van der Waals surface area contributed by atoms with Gasteiger partial charge in [-0.3, -0.25) is 0 Å². The number of para-hydroxylation sites is 1. The number of anilines is 1. The standard InChI is InChI=1S/C16H27N3O/c1-16(2,3)13-18-15(20)17-11-8-12-19(4)14-9-6-5-7-10-14/h5-7,9-10H,8,11-13H2,1-4H3,(H2,17,18,20). The molecule has 1 aromatic rings. The van der Waals surface area contributed by atoms with Crippen molar-refractivity contribution in [1.82, 2.24) is 10.6 Å². The van der Waals surface area contributed by atoms with Gasteiger partial charge in [0.15, 0.2) is 0 Å². The zero-order valence-corrected chi connectivity index (χ0v) is 13.1. The predicted molar refractivity (Wildman–Crippen MR) is 85.2 cm³/mol. The maximum absolute atomic E-state index is 11.6. The summed E-state index contributed by atoms with van der Waals surface area (Å²) in [4.78, 5) is 13.8. The third-order valence-electron chi connectivity index (χ3n) is 2.93. The minimum absolute atomic E-state index is 0.0812. The largest absolute Gasteiger partial charge is 0.375 e. The van der Waals surface area contributed by atoms with Crippen molar-refractivity contribution < 1.29 is 4.79 Å². The molecule has 0 atom stereocenters. The minimum Gasteiger partial charge on any atom is -0.375 e. The van der Waals surface area contributed by atoms with Gasteiger partial charge < -0.3 is 15.5 Å². The van der Waals surface area contributed by atoms with E-state index in [4.69, 9.17) is 0 Å². The Morgan fingerprint density at radius 3 is 2.40 bits per heavy atom. The van der Waals surface area contributed by atoms with Gasteiger partial charge in [-0.1, -0.05) is 39.0 Å². The molecule has 112 valence electrons. The van der Waals surface area contributed by atoms with E-state index in [0.29, 0.717) is 13.1 Å². The number of hydrogen-bond donors (Lipinski definition) is 2. The van der Waals surface area contributed by atoms with Crippen molar-refractivity contribution in [3.8, 4) is 0 Å². The lowest BCUT2D eigenvalue weighted by atomic mass is 9.97. The fraction of sp³-hybridized carbons (Fsp3) is 0.562. The molecule has 0 radical (unpaired) electrons. The molecule has 2 N–H and O–H groups in total. The van der Waals surface area contributed by atoms with Crippen LogP contribution in [-0.2, 0) is 0 Å². The topological polar surface area (TPSA) is 44.4 Å². The number of nitrogens with one attached hydrogen (secondary N) is 2. The molecule has 4 nitrogen and oxygen atoms in total. The molecule has 0 aromatic heterocycles. The van der Waals surface area contributed by atoms with Gasteiger partial charge in [0.05, 0.1) is 0 Å². The van der Waals surface area contributed by atoms with Crippen molar-refractivity contribution in [2.45, 2.75) is 27.2 Å². The van der Waals surface area contributed by atoms with Crippen molar-refractivity contribution in [2.75, 3.05) is 31.6 Å². The van der Waals surface area contributed by atoms with Crippen LogP contribution in [-0.4, -0.2) is 32.7 Å². The van der Waals surface area contributed by atoms with Crippen LogP contribution in [0.4, 0.5) is 10.5 Å². The SMILES string of the molecule is CN(CCCNC(=O)NCC(C)(C)C)c1ccccc1. The Bertz CT molecular complexity index is 398. The second-order valence-electron chi connectivity index (χ2n) is 6.28. The summed E-state index contributed by atoms with van der Waals surface area (Å²) in [5.74, 6) is 0. The van der Waals surface area contributed by atoms with Crippen molar-refractivity contribution in [2.24, 2.45) is 5.41 Å². The van der Waals surface area contributed by atoms with Crippen LogP contribution in [0, 0.1) is 5.41 Å². The van der Waals surface area contributed by atoms with Crippen LogP contribution < -0.4 is 15.5 Å². The van der Waals surface area contributed by atoms with Crippen LogP contribution in [0.1, 0.15) is 27.2 Å². The molecule has 0 unspecified atom stereocenters. The first-order valence-corrected chi connectivity index (χ1v) is 7.16. The third-order valence-corrected chi connectivity index (χ3v) is 2.93. The first-order valence-electron chi connectivity index (χ1n) is 7.16. The van der Waals surface area contributed by atoms with Gasteiger partial charge in [0.1, 0.15) is 0 Å². The molecular weight excluding hydrogens is 250 g/mol. The van der Waals surface area contributed by atoms with Crippen LogP contribution in [0.25, 0.3) is 0 Å². The Labute approximate surface area is 122 Å². The van der Waals surface area contributed by atoms with E-state index >= 15 is 0 Å². The summed E-state index contributed by atoms with van der Waals surface area (Å²) in [6, 6.07) is 10.2. The summed E-state index contributed by atoms with van der Waals surface area (Å²) in [7, 11) is 2.06. The van der Waals surface area contributed by atoms with Gasteiger partial charge in [0, 0.05) is 32.4 Å². The van der Waals surface area contributed by atoms with E-state index in [1.165, 1.54) is 5.69 Å². The number of amides is 2. The first-order chi connectivity index (χ1) is 9.38. The molecular formula is C16H27N3O. The number of urea groups is 1. The Hall–Kier alpha value is -1.71. The molecule has 0 fully saturated rings. The normalized spacial score (nSPS) is 11.0. The van der Waals surface area contributed by atoms with Crippen molar-refractivity contribution in [1.29, 1.82) is 0 Å². The Balaban J connectivity index is 2.14. The number of carbonyl (C=O) groups is 1. The lowest BCUT2D eigenvalue weighted by Gasteiger charge is -2.20. The van der Waals surface area contributed by atoms with Crippen molar-refractivity contribution in [3.05, 3.63) is 30.3 Å². The van der Waals surface area contributed by atoms with E-state index in [1.54, 1.807) is 0 Å². The quantitative estimate of drug-likeness (QED) is 0.785. The lowest BCUT2D eigenvalue weighted by molar-refractivity contribution is 0.235. The number of rotatable bonds is 6. The monoisotopic (exact) mass is 277 g/mol. The fourth-order valence-corrected chi connectivity index (χ4v) is 1.74. The second-order valence-corrected chi connectivity index (χ2v) is 6.28. The number of carbonyl (C=O) groups excluding carboxylic acids is 1. The summed E-state index contributed by atoms with van der Waals surface area (Å²) in [5.41, 5.74) is 1.31. The number of nitrogens with zero attached hydrogens (tertiary/aromatic N) is 1. The van der Waals surface area contributed by atoms with Crippen LogP contribution in [0.2, 0.25) is 0 Å². The number of hydrogen-bond acceptors (Lipinski definition) is 2. The molecule has 1 rings (SSSR count). The summed E-state index contributed by atoms with van der Waals surface area (Å²) in [5, 5.41) is 5.76. The zero-order chi connectivity index (χ0) is 15.0. The van der Waals surface area contributed by atoms with Crippen LogP contribution in [0.5, 0.6) is 0 Å². The van der Waals surface area contributed by atoms with Crippen molar-refractivity contribution in [3.63, 3.8) is 0 Å². The molecule has 0 heterocycles. The average molecular weight is 277 g/mol. The van der Waals surface area contributed by atoms with Gasteiger partial charge in [0.25, 0.3) is 0 Å². The molecule has 0 spiro atoms. The molecule has 0 bridgehead atoms. The maximum atomic E-state index is 11.6. The molecule has 4 heteroatoms. The summed E-state index contributed by atoms with van der Waals surface area (Å²) >= 11 is 0. The fourth-order valence-electron chi connectivity index (χ4n) is 1.74. The van der Waals surface area contributed by atoms with Crippen molar-refractivity contribution >= 4 is 11.7 Å². The summed E-state index contributed by atoms with van der Waals surface area (Å²) in [6.07, 6.45) is 0.925. The van der Waals surface area contributed by atoms with E-state index in [-0.39, 0.29) is 11.4 Å². The van der Waals surface area contributed by atoms with Crippen LogP contribution >= 0.6 is 0 Å². The Kier molecular flexibility index (Phi) is 6.36. The third kappa shape index (κ3) is 7.02. The molecule has 0 aliphatic carbocycles. The summed E-state index contributed by atoms with van der Waals surface area (Å²) in [6.45, 7) is 8.59. The average Bonchev–Trinajstić information content (AvgIpc) is 2.41. The molecule has 0 saturated carbocycles. The van der Waals surface area contributed by atoms with E-state index in [0.717, 1.165) is 13.0 Å². The first kappa shape index (κ1) is 16.3. The molecule has 0 aliphatic rings. The van der Waals surface area contributed by atoms with E-state index in [2.05, 4.69) is 55.5 Å². The molecule has 0 saturated heterocycles. The molecule has 20 heavy (non-hydrogen) atoms. The minimum atomic E-state index is -0.0812. The molecule has 1 aromatic carbocycles. The second kappa shape index (κ2) is 7.78. The zero-order valence-electron chi connectivity index (χ0n) is 13.1. The highest BCUT2D eigenvalue weighted by atomic mass is 16.2. The van der Waals surface area contributed by atoms with Gasteiger partial charge in [-0.2, -0.15) is 0 Å². The molecule has 2 amide bonds. The van der Waals surface area contributed by atoms with E-state index in [1.807, 2.05) is 18.2 Å². The predicted octanol–water partition coefficient (Wildman–Crippen LogP) is 2.86. The Morgan fingerprint density at radius 1 is 1.15 bits per heavy atom. The van der Waals surface area contributed by atoms with Gasteiger partial charge in [-0.25, -0.2) is 4.79 Å². The maximum Gasteiger partial charge on any atom is 0.314 e. The van der Waals surface area contributed by atoms with E-state index < -0.39 is 0 Å². The van der Waals surface area contributed by atoms with Gasteiger partial charge >= 0.3 is 6.03 Å². The highest BCUT2D eigenvalue weighted by Gasteiger charge is 2.11. The Morgan fingerprint density at radius 2 is 1.80 bits per heavy atom. The highest BCUT2D eigenvalue weighted by molar-refractivity contribution is 5.73. The van der Waals surface area contributed by atoms with Crippen LogP contribution in [0.15, 0.2) is 30.3 Å². The lowest BCUT2D eigenvalue weighted by Crippen LogP contribution is -2.40. The van der Waals surface area contributed by atoms with E-state index in [9.17, 15) is 4.79 Å². The van der Waals surface area contributed by atoms with Gasteiger partial charge in [-0.05, 0) is 24.0 Å². The number of benzene rings is 1. The molecule has 0 aliphatic heterocycles. The highest BCUT2D eigenvalue weighted by Crippen LogP contribution is 2.11.